The third-order valence-corrected chi connectivity index (χ3v) is 1.85. The minimum atomic E-state index is -0.0905. The summed E-state index contributed by atoms with van der Waals surface area (Å²) in [6.07, 6.45) is 0.686. The van der Waals surface area contributed by atoms with E-state index in [0.717, 1.165) is 5.56 Å². The summed E-state index contributed by atoms with van der Waals surface area (Å²) < 4.78 is 5.06. The third kappa shape index (κ3) is 5.18. The number of ether oxygens (including phenoxy) is 1. The summed E-state index contributed by atoms with van der Waals surface area (Å²) in [6.45, 7) is 4.81. The molecule has 0 saturated heterocycles. The molecular weight excluding hydrogens is 190 g/mol. The first-order valence-electron chi connectivity index (χ1n) is 5.00. The topological polar surface area (TPSA) is 38.3 Å². The van der Waals surface area contributed by atoms with Gasteiger partial charge < -0.3 is 10.1 Å². The molecule has 0 saturated carbocycles. The highest BCUT2D eigenvalue weighted by molar-refractivity contribution is 5.77. The second kappa shape index (κ2) is 7.01. The molecule has 1 aromatic rings. The molecule has 0 aliphatic rings. The number of amides is 1. The molecule has 0 spiro atoms. The van der Waals surface area contributed by atoms with Crippen LogP contribution < -0.4 is 5.32 Å². The van der Waals surface area contributed by atoms with E-state index in [1.807, 2.05) is 30.3 Å². The highest BCUT2D eigenvalue weighted by Crippen LogP contribution is 1.96. The molecule has 0 aromatic heterocycles. The van der Waals surface area contributed by atoms with E-state index >= 15 is 0 Å². The van der Waals surface area contributed by atoms with E-state index in [1.165, 1.54) is 0 Å². The van der Waals surface area contributed by atoms with E-state index < -0.39 is 0 Å². The van der Waals surface area contributed by atoms with Crippen LogP contribution >= 0.6 is 0 Å². The van der Waals surface area contributed by atoms with Crippen molar-refractivity contribution >= 4 is 5.91 Å². The lowest BCUT2D eigenvalue weighted by Crippen LogP contribution is -2.27. The van der Waals surface area contributed by atoms with Crippen LogP contribution in [0.15, 0.2) is 30.3 Å². The molecule has 1 amide bonds. The van der Waals surface area contributed by atoms with E-state index in [2.05, 4.69) is 12.2 Å². The molecule has 1 aromatic carbocycles. The Morgan fingerprint density at radius 2 is 2.07 bits per heavy atom. The molecule has 1 N–H and O–H groups in total. The second-order valence-electron chi connectivity index (χ2n) is 3.17. The molecule has 81 valence electrons. The van der Waals surface area contributed by atoms with Gasteiger partial charge in [0.2, 0.25) is 5.91 Å². The number of rotatable bonds is 6. The van der Waals surface area contributed by atoms with Crippen molar-refractivity contribution in [2.24, 2.45) is 0 Å². The highest BCUT2D eigenvalue weighted by atomic mass is 16.5. The third-order valence-electron chi connectivity index (χ3n) is 1.85. The Morgan fingerprint density at radius 3 is 2.73 bits per heavy atom. The lowest BCUT2D eigenvalue weighted by molar-refractivity contribution is -0.125. The quantitative estimate of drug-likeness (QED) is 0.717. The molecule has 0 atom stereocenters. The second-order valence-corrected chi connectivity index (χ2v) is 3.17. The Hall–Kier alpha value is -1.35. The van der Waals surface area contributed by atoms with Crippen LogP contribution in [0.1, 0.15) is 12.0 Å². The van der Waals surface area contributed by atoms with Gasteiger partial charge >= 0.3 is 0 Å². The Labute approximate surface area is 90.4 Å². The minimum absolute atomic E-state index is 0.0905. The summed E-state index contributed by atoms with van der Waals surface area (Å²) in [7, 11) is 0. The van der Waals surface area contributed by atoms with Crippen LogP contribution in [0.4, 0.5) is 0 Å². The van der Waals surface area contributed by atoms with E-state index in [0.29, 0.717) is 19.6 Å². The van der Waals surface area contributed by atoms with Crippen molar-refractivity contribution in [2.75, 3.05) is 13.2 Å². The predicted octanol–water partition coefficient (Wildman–Crippen LogP) is 1.54. The van der Waals surface area contributed by atoms with Crippen molar-refractivity contribution in [1.82, 2.24) is 5.32 Å². The van der Waals surface area contributed by atoms with Crippen molar-refractivity contribution < 1.29 is 9.53 Å². The number of hydrogen-bond acceptors (Lipinski definition) is 2. The first-order chi connectivity index (χ1) is 7.33. The maximum Gasteiger partial charge on any atom is 0.246 e. The van der Waals surface area contributed by atoms with Gasteiger partial charge in [-0.25, -0.2) is 0 Å². The molecule has 0 unspecified atom stereocenters. The Kier molecular flexibility index (Phi) is 5.48. The van der Waals surface area contributed by atoms with Crippen molar-refractivity contribution in [3.63, 3.8) is 0 Å². The monoisotopic (exact) mass is 206 g/mol. The molecule has 0 aliphatic carbocycles. The number of benzene rings is 1. The van der Waals surface area contributed by atoms with Crippen LogP contribution in [-0.2, 0) is 16.1 Å². The van der Waals surface area contributed by atoms with Crippen molar-refractivity contribution in [2.45, 2.75) is 13.0 Å². The Balaban J connectivity index is 2.17. The SMILES string of the molecule is [CH2]CCOCC(=O)NCc1ccccc1. The van der Waals surface area contributed by atoms with Crippen LogP contribution in [0.5, 0.6) is 0 Å². The maximum atomic E-state index is 11.2. The standard InChI is InChI=1S/C12H16NO2/c1-2-8-15-10-12(14)13-9-11-6-4-3-5-7-11/h3-7H,1-2,8-10H2,(H,13,14). The molecule has 1 radical (unpaired) electrons. The minimum Gasteiger partial charge on any atom is -0.372 e. The average Bonchev–Trinajstić information content (AvgIpc) is 2.28. The van der Waals surface area contributed by atoms with Gasteiger partial charge in [0.05, 0.1) is 0 Å². The summed E-state index contributed by atoms with van der Waals surface area (Å²) in [4.78, 5) is 11.2. The van der Waals surface area contributed by atoms with E-state index in [9.17, 15) is 4.79 Å². The van der Waals surface area contributed by atoms with Crippen molar-refractivity contribution in [1.29, 1.82) is 0 Å². The average molecular weight is 206 g/mol. The zero-order valence-electron chi connectivity index (χ0n) is 8.74. The Bertz CT molecular complexity index is 285. The maximum absolute atomic E-state index is 11.2. The predicted molar refractivity (Wildman–Crippen MR) is 59.1 cm³/mol. The molecule has 15 heavy (non-hydrogen) atoms. The zero-order chi connectivity index (χ0) is 10.9. The van der Waals surface area contributed by atoms with Gasteiger partial charge in [0.15, 0.2) is 0 Å². The van der Waals surface area contributed by atoms with Crippen LogP contribution in [0.2, 0.25) is 0 Å². The van der Waals surface area contributed by atoms with Crippen LogP contribution in [0.3, 0.4) is 0 Å². The first kappa shape index (κ1) is 11.7. The van der Waals surface area contributed by atoms with Gasteiger partial charge in [-0.3, -0.25) is 4.79 Å². The summed E-state index contributed by atoms with van der Waals surface area (Å²) in [5.41, 5.74) is 1.09. The zero-order valence-corrected chi connectivity index (χ0v) is 8.74. The lowest BCUT2D eigenvalue weighted by atomic mass is 10.2. The molecule has 1 rings (SSSR count). The van der Waals surface area contributed by atoms with Gasteiger partial charge in [0.1, 0.15) is 6.61 Å². The van der Waals surface area contributed by atoms with E-state index in [4.69, 9.17) is 4.74 Å². The van der Waals surface area contributed by atoms with Gasteiger partial charge in [-0.15, -0.1) is 0 Å². The molecule has 0 heterocycles. The molecule has 0 fully saturated rings. The summed E-state index contributed by atoms with van der Waals surface area (Å²) >= 11 is 0. The normalized spacial score (nSPS) is 9.93. The number of nitrogens with one attached hydrogen (secondary N) is 1. The fraction of sp³-hybridized carbons (Fsp3) is 0.333. The summed E-state index contributed by atoms with van der Waals surface area (Å²) in [6, 6.07) is 9.78. The van der Waals surface area contributed by atoms with Gasteiger partial charge in [-0.05, 0) is 12.0 Å². The molecule has 3 heteroatoms. The Morgan fingerprint density at radius 1 is 1.33 bits per heavy atom. The van der Waals surface area contributed by atoms with Gasteiger partial charge in [-0.1, -0.05) is 37.3 Å². The smallest absolute Gasteiger partial charge is 0.246 e. The number of hydrogen-bond donors (Lipinski definition) is 1. The summed E-state index contributed by atoms with van der Waals surface area (Å²) in [5.74, 6) is -0.0905. The molecular formula is C12H16NO2. The highest BCUT2D eigenvalue weighted by Gasteiger charge is 1.99. The van der Waals surface area contributed by atoms with E-state index in [-0.39, 0.29) is 12.5 Å². The fourth-order valence-electron chi connectivity index (χ4n) is 1.11. The van der Waals surface area contributed by atoms with Gasteiger partial charge in [-0.2, -0.15) is 0 Å². The molecule has 0 bridgehead atoms. The van der Waals surface area contributed by atoms with Crippen LogP contribution in [-0.4, -0.2) is 19.1 Å². The van der Waals surface area contributed by atoms with E-state index in [1.54, 1.807) is 0 Å². The largest absolute Gasteiger partial charge is 0.372 e. The fourth-order valence-corrected chi connectivity index (χ4v) is 1.11. The summed E-state index contributed by atoms with van der Waals surface area (Å²) in [5, 5.41) is 2.77. The van der Waals surface area contributed by atoms with Gasteiger partial charge in [0.25, 0.3) is 0 Å². The van der Waals surface area contributed by atoms with Crippen molar-refractivity contribution in [3.8, 4) is 0 Å². The first-order valence-corrected chi connectivity index (χ1v) is 5.00. The van der Waals surface area contributed by atoms with Crippen LogP contribution in [0, 0.1) is 6.92 Å². The van der Waals surface area contributed by atoms with Crippen molar-refractivity contribution in [3.05, 3.63) is 42.8 Å². The molecule has 0 aliphatic heterocycles. The van der Waals surface area contributed by atoms with Gasteiger partial charge in [0, 0.05) is 13.2 Å². The van der Waals surface area contributed by atoms with Crippen LogP contribution in [0.25, 0.3) is 0 Å². The number of carbonyl (C=O) groups excluding carboxylic acids is 1. The molecule has 3 nitrogen and oxygen atoms in total. The number of carbonyl (C=O) groups is 1. The lowest BCUT2D eigenvalue weighted by Gasteiger charge is -2.05.